The van der Waals surface area contributed by atoms with Gasteiger partial charge in [0.15, 0.2) is 0 Å². The van der Waals surface area contributed by atoms with Gasteiger partial charge in [-0.05, 0) is 23.6 Å². The van der Waals surface area contributed by atoms with Crippen molar-refractivity contribution in [1.29, 1.82) is 0 Å². The van der Waals surface area contributed by atoms with Crippen LogP contribution in [0.1, 0.15) is 30.5 Å². The minimum Gasteiger partial charge on any atom is -0.399 e. The molecule has 19 heavy (non-hydrogen) atoms. The van der Waals surface area contributed by atoms with E-state index >= 15 is 0 Å². The van der Waals surface area contributed by atoms with Crippen LogP contribution < -0.4 is 5.73 Å². The summed E-state index contributed by atoms with van der Waals surface area (Å²) in [5.41, 5.74) is 8.23. The lowest BCUT2D eigenvalue weighted by Gasteiger charge is -2.10. The number of aromatic nitrogens is 3. The molecule has 1 aromatic heterocycles. The Balaban J connectivity index is 1.93. The van der Waals surface area contributed by atoms with E-state index in [0.29, 0.717) is 12.8 Å². The summed E-state index contributed by atoms with van der Waals surface area (Å²) >= 11 is 0. The normalized spacial score (nSPS) is 12.3. The number of nitrogens with two attached hydrogens (primary N) is 1. The van der Waals surface area contributed by atoms with Crippen molar-refractivity contribution in [1.82, 2.24) is 15.0 Å². The van der Waals surface area contributed by atoms with Gasteiger partial charge in [-0.1, -0.05) is 24.3 Å². The van der Waals surface area contributed by atoms with E-state index in [-0.39, 0.29) is 11.7 Å². The van der Waals surface area contributed by atoms with Crippen LogP contribution in [0.2, 0.25) is 0 Å². The second-order valence-electron chi connectivity index (χ2n) is 4.87. The van der Waals surface area contributed by atoms with Gasteiger partial charge in [-0.25, -0.2) is 0 Å². The minimum absolute atomic E-state index is 0.171. The number of carbonyl (C=O) groups excluding carboxylic acids is 1. The first kappa shape index (κ1) is 13.3. The zero-order chi connectivity index (χ0) is 13.8. The molecule has 0 radical (unpaired) electrons. The van der Waals surface area contributed by atoms with Gasteiger partial charge in [0.1, 0.15) is 5.78 Å². The molecule has 0 fully saturated rings. The molecule has 0 spiro atoms. The number of hydrogen-bond acceptors (Lipinski definition) is 4. The van der Waals surface area contributed by atoms with Crippen molar-refractivity contribution >= 4 is 11.5 Å². The summed E-state index contributed by atoms with van der Waals surface area (Å²) in [6.45, 7) is 2.04. The summed E-state index contributed by atoms with van der Waals surface area (Å²) in [5.74, 6) is 0.356. The highest BCUT2D eigenvalue weighted by molar-refractivity contribution is 5.81. The standard InChI is InChI=1S/C14H18N4O/c1-10(11-3-5-12(15)6-4-11)7-14(19)8-13-9-18(2)17-16-13/h3-6,9-10H,7-8,15H2,1-2H3. The fourth-order valence-electron chi connectivity index (χ4n) is 2.03. The predicted molar refractivity (Wildman–Crippen MR) is 73.6 cm³/mol. The third kappa shape index (κ3) is 3.64. The van der Waals surface area contributed by atoms with Gasteiger partial charge in [-0.15, -0.1) is 5.10 Å². The van der Waals surface area contributed by atoms with Crippen molar-refractivity contribution in [2.24, 2.45) is 7.05 Å². The Bertz CT molecular complexity index is 559. The number of nitrogens with zero attached hydrogens (tertiary/aromatic N) is 3. The summed E-state index contributed by atoms with van der Waals surface area (Å²) in [7, 11) is 1.79. The zero-order valence-electron chi connectivity index (χ0n) is 11.2. The molecule has 2 aromatic rings. The van der Waals surface area contributed by atoms with Gasteiger partial charge >= 0.3 is 0 Å². The van der Waals surface area contributed by atoms with Crippen molar-refractivity contribution in [3.63, 3.8) is 0 Å². The van der Waals surface area contributed by atoms with Crippen molar-refractivity contribution in [3.05, 3.63) is 41.7 Å². The zero-order valence-corrected chi connectivity index (χ0v) is 11.2. The lowest BCUT2D eigenvalue weighted by Crippen LogP contribution is -2.08. The molecule has 100 valence electrons. The maximum absolute atomic E-state index is 12.0. The Morgan fingerprint density at radius 1 is 1.37 bits per heavy atom. The van der Waals surface area contributed by atoms with Crippen LogP contribution in [0.25, 0.3) is 0 Å². The fourth-order valence-corrected chi connectivity index (χ4v) is 2.03. The van der Waals surface area contributed by atoms with E-state index in [4.69, 9.17) is 5.73 Å². The Morgan fingerprint density at radius 2 is 2.05 bits per heavy atom. The molecule has 1 aromatic carbocycles. The number of aryl methyl sites for hydroxylation is 1. The van der Waals surface area contributed by atoms with Gasteiger partial charge < -0.3 is 5.73 Å². The Morgan fingerprint density at radius 3 is 2.63 bits per heavy atom. The van der Waals surface area contributed by atoms with Crippen LogP contribution in [-0.2, 0) is 18.3 Å². The van der Waals surface area contributed by atoms with Crippen LogP contribution in [0.4, 0.5) is 5.69 Å². The highest BCUT2D eigenvalue weighted by Gasteiger charge is 2.13. The van der Waals surface area contributed by atoms with Gasteiger partial charge in [0.25, 0.3) is 0 Å². The topological polar surface area (TPSA) is 73.8 Å². The number of hydrogen-bond donors (Lipinski definition) is 1. The molecule has 0 saturated carbocycles. The van der Waals surface area contributed by atoms with E-state index in [9.17, 15) is 4.79 Å². The Kier molecular flexibility index (Phi) is 3.94. The van der Waals surface area contributed by atoms with Crippen LogP contribution in [0.3, 0.4) is 0 Å². The SMILES string of the molecule is CC(CC(=O)Cc1cn(C)nn1)c1ccc(N)cc1. The van der Waals surface area contributed by atoms with E-state index in [1.807, 2.05) is 31.2 Å². The first-order chi connectivity index (χ1) is 9.04. The summed E-state index contributed by atoms with van der Waals surface area (Å²) < 4.78 is 1.60. The number of anilines is 1. The highest BCUT2D eigenvalue weighted by atomic mass is 16.1. The van der Waals surface area contributed by atoms with E-state index in [1.54, 1.807) is 17.9 Å². The molecular weight excluding hydrogens is 240 g/mol. The fraction of sp³-hybridized carbons (Fsp3) is 0.357. The second kappa shape index (κ2) is 5.65. The van der Waals surface area contributed by atoms with Gasteiger partial charge in [0.2, 0.25) is 0 Å². The molecule has 2 N–H and O–H groups in total. The van der Waals surface area contributed by atoms with Crippen LogP contribution in [0, 0.1) is 0 Å². The molecule has 5 nitrogen and oxygen atoms in total. The molecule has 1 unspecified atom stereocenters. The molecule has 0 amide bonds. The molecule has 0 bridgehead atoms. The van der Waals surface area contributed by atoms with Crippen molar-refractivity contribution in [2.75, 3.05) is 5.73 Å². The average molecular weight is 258 g/mol. The van der Waals surface area contributed by atoms with Crippen LogP contribution in [0.15, 0.2) is 30.5 Å². The van der Waals surface area contributed by atoms with Crippen molar-refractivity contribution in [3.8, 4) is 0 Å². The van der Waals surface area contributed by atoms with Crippen LogP contribution >= 0.6 is 0 Å². The number of rotatable bonds is 5. The summed E-state index contributed by atoms with van der Waals surface area (Å²) in [6.07, 6.45) is 2.61. The first-order valence-corrected chi connectivity index (χ1v) is 6.27. The third-order valence-electron chi connectivity index (χ3n) is 3.07. The van der Waals surface area contributed by atoms with E-state index in [2.05, 4.69) is 10.3 Å². The average Bonchev–Trinajstić information content (AvgIpc) is 2.75. The maximum atomic E-state index is 12.0. The Labute approximate surface area is 112 Å². The second-order valence-corrected chi connectivity index (χ2v) is 4.87. The van der Waals surface area contributed by atoms with E-state index < -0.39 is 0 Å². The van der Waals surface area contributed by atoms with Gasteiger partial charge in [-0.3, -0.25) is 9.48 Å². The van der Waals surface area contributed by atoms with Crippen molar-refractivity contribution in [2.45, 2.75) is 25.7 Å². The smallest absolute Gasteiger partial charge is 0.139 e. The molecule has 0 saturated heterocycles. The molecule has 1 atom stereocenters. The monoisotopic (exact) mass is 258 g/mol. The highest BCUT2D eigenvalue weighted by Crippen LogP contribution is 2.20. The molecule has 1 heterocycles. The van der Waals surface area contributed by atoms with Gasteiger partial charge in [-0.2, -0.15) is 0 Å². The predicted octanol–water partition coefficient (Wildman–Crippen LogP) is 1.70. The minimum atomic E-state index is 0.171. The number of benzene rings is 1. The Hall–Kier alpha value is -2.17. The lowest BCUT2D eigenvalue weighted by molar-refractivity contribution is -0.118. The molecular formula is C14H18N4O. The largest absolute Gasteiger partial charge is 0.399 e. The summed E-state index contributed by atoms with van der Waals surface area (Å²) in [4.78, 5) is 12.0. The maximum Gasteiger partial charge on any atom is 0.139 e. The summed E-state index contributed by atoms with van der Waals surface area (Å²) in [6, 6.07) is 7.66. The molecule has 2 rings (SSSR count). The first-order valence-electron chi connectivity index (χ1n) is 6.27. The number of ketones is 1. The quantitative estimate of drug-likeness (QED) is 0.828. The summed E-state index contributed by atoms with van der Waals surface area (Å²) in [5, 5.41) is 7.74. The molecule has 0 aliphatic rings. The number of Topliss-reactive ketones (excluding diaryl/α,β-unsaturated/α-hetero) is 1. The molecule has 0 aliphatic carbocycles. The van der Waals surface area contributed by atoms with E-state index in [1.165, 1.54) is 0 Å². The van der Waals surface area contributed by atoms with Crippen LogP contribution in [-0.4, -0.2) is 20.8 Å². The van der Waals surface area contributed by atoms with E-state index in [0.717, 1.165) is 16.9 Å². The third-order valence-corrected chi connectivity index (χ3v) is 3.07. The molecule has 5 heteroatoms. The van der Waals surface area contributed by atoms with Gasteiger partial charge in [0, 0.05) is 25.4 Å². The number of carbonyl (C=O) groups is 1. The van der Waals surface area contributed by atoms with Crippen LogP contribution in [0.5, 0.6) is 0 Å². The lowest BCUT2D eigenvalue weighted by atomic mass is 9.94. The molecule has 0 aliphatic heterocycles. The van der Waals surface area contributed by atoms with Gasteiger partial charge in [0.05, 0.1) is 12.1 Å². The van der Waals surface area contributed by atoms with Crippen molar-refractivity contribution < 1.29 is 4.79 Å². The number of nitrogen functional groups attached to an aromatic ring is 1.